The Bertz CT molecular complexity index is 678. The van der Waals surface area contributed by atoms with Crippen molar-refractivity contribution in [3.63, 3.8) is 0 Å². The van der Waals surface area contributed by atoms with Gasteiger partial charge in [-0.15, -0.1) is 0 Å². The first-order valence-electron chi connectivity index (χ1n) is 14.0. The average Bonchev–Trinajstić information content (AvgIpc) is 2.84. The molecule has 0 unspecified atom stereocenters. The lowest BCUT2D eigenvalue weighted by Crippen LogP contribution is -2.42. The van der Waals surface area contributed by atoms with Crippen molar-refractivity contribution in [3.8, 4) is 5.75 Å². The predicted octanol–water partition coefficient (Wildman–Crippen LogP) is 8.73. The molecule has 0 amide bonds. The van der Waals surface area contributed by atoms with Crippen LogP contribution in [0.4, 0.5) is 0 Å². The van der Waals surface area contributed by atoms with Gasteiger partial charge in [0.2, 0.25) is 0 Å². The molecule has 0 atom stereocenters. The number of benzene rings is 1. The lowest BCUT2D eigenvalue weighted by molar-refractivity contribution is -0.168. The Balaban J connectivity index is 2.19. The summed E-state index contributed by atoms with van der Waals surface area (Å²) in [6.45, 7) is 8.21. The second kappa shape index (κ2) is 18.5. The third kappa shape index (κ3) is 11.1. The molecule has 4 heteroatoms. The monoisotopic (exact) mass is 474 g/mol. The summed E-state index contributed by atoms with van der Waals surface area (Å²) in [4.78, 5) is 25.8. The summed E-state index contributed by atoms with van der Waals surface area (Å²) in [5, 5.41) is 0. The zero-order valence-corrected chi connectivity index (χ0v) is 22.5. The molecule has 0 saturated carbocycles. The second-order valence-electron chi connectivity index (χ2n) is 9.68. The molecule has 1 aromatic carbocycles. The maximum atomic E-state index is 12.9. The molecule has 0 bridgehead atoms. The van der Waals surface area contributed by atoms with Crippen LogP contribution < -0.4 is 4.74 Å². The van der Waals surface area contributed by atoms with E-state index in [1.807, 2.05) is 39.0 Å². The topological polar surface area (TPSA) is 52.6 Å². The van der Waals surface area contributed by atoms with Crippen molar-refractivity contribution in [2.24, 2.45) is 5.41 Å². The molecular weight excluding hydrogens is 424 g/mol. The van der Waals surface area contributed by atoms with Gasteiger partial charge < -0.3 is 9.47 Å². The number of unbranched alkanes of at least 4 members (excludes halogenated alkanes) is 13. The Morgan fingerprint density at radius 3 is 1.62 bits per heavy atom. The summed E-state index contributed by atoms with van der Waals surface area (Å²) in [5.41, 5.74) is -0.370. The molecule has 0 aliphatic heterocycles. The van der Waals surface area contributed by atoms with Crippen LogP contribution in [0.3, 0.4) is 0 Å². The largest absolute Gasteiger partial charge is 0.465 e. The van der Waals surface area contributed by atoms with Crippen LogP contribution >= 0.6 is 0 Å². The van der Waals surface area contributed by atoms with Gasteiger partial charge in [0.15, 0.2) is 5.41 Å². The van der Waals surface area contributed by atoms with Crippen molar-refractivity contribution in [2.45, 2.75) is 130 Å². The molecule has 1 rings (SSSR count). The SMILES string of the molecule is CCCCCCCCCCCCCCCCOC(=O)C(CC)(CC)C(=O)Oc1ccccc1C. The standard InChI is InChI=1S/C30H50O4/c1-5-8-9-10-11-12-13-14-15-16-17-18-19-22-25-33-28(31)30(6-2,7-3)29(32)34-27-24-21-20-23-26(27)4/h20-21,23-24H,5-19,22,25H2,1-4H3. The van der Waals surface area contributed by atoms with E-state index < -0.39 is 17.4 Å². The third-order valence-electron chi connectivity index (χ3n) is 7.02. The minimum Gasteiger partial charge on any atom is -0.465 e. The molecule has 0 saturated heterocycles. The first-order chi connectivity index (χ1) is 16.5. The quantitative estimate of drug-likeness (QED) is 0.0820. The first kappa shape index (κ1) is 30.2. The van der Waals surface area contributed by atoms with Gasteiger partial charge in [-0.05, 0) is 37.8 Å². The molecule has 0 radical (unpaired) electrons. The molecule has 0 fully saturated rings. The van der Waals surface area contributed by atoms with Crippen molar-refractivity contribution >= 4 is 11.9 Å². The van der Waals surface area contributed by atoms with E-state index in [9.17, 15) is 9.59 Å². The molecule has 194 valence electrons. The maximum absolute atomic E-state index is 12.9. The van der Waals surface area contributed by atoms with Crippen molar-refractivity contribution in [1.29, 1.82) is 0 Å². The maximum Gasteiger partial charge on any atom is 0.328 e. The lowest BCUT2D eigenvalue weighted by atomic mass is 9.82. The number of hydrogen-bond acceptors (Lipinski definition) is 4. The van der Waals surface area contributed by atoms with Crippen molar-refractivity contribution in [2.75, 3.05) is 6.61 Å². The van der Waals surface area contributed by atoms with Gasteiger partial charge in [0.05, 0.1) is 6.61 Å². The van der Waals surface area contributed by atoms with Crippen molar-refractivity contribution in [3.05, 3.63) is 29.8 Å². The number of ether oxygens (including phenoxy) is 2. The predicted molar refractivity (Wildman–Crippen MR) is 141 cm³/mol. The van der Waals surface area contributed by atoms with Gasteiger partial charge in [0, 0.05) is 0 Å². The highest BCUT2D eigenvalue weighted by Crippen LogP contribution is 2.32. The van der Waals surface area contributed by atoms with Crippen molar-refractivity contribution in [1.82, 2.24) is 0 Å². The minimum atomic E-state index is -1.24. The van der Waals surface area contributed by atoms with Gasteiger partial charge in [0.1, 0.15) is 5.75 Å². The van der Waals surface area contributed by atoms with E-state index in [4.69, 9.17) is 9.47 Å². The molecule has 4 nitrogen and oxygen atoms in total. The van der Waals surface area contributed by atoms with Gasteiger partial charge in [-0.3, -0.25) is 9.59 Å². The van der Waals surface area contributed by atoms with E-state index in [-0.39, 0.29) is 0 Å². The minimum absolute atomic E-state index is 0.367. The first-order valence-corrected chi connectivity index (χ1v) is 14.0. The van der Waals surface area contributed by atoms with Gasteiger partial charge in [-0.2, -0.15) is 0 Å². The average molecular weight is 475 g/mol. The fourth-order valence-corrected chi connectivity index (χ4v) is 4.38. The fourth-order valence-electron chi connectivity index (χ4n) is 4.38. The van der Waals surface area contributed by atoms with Crippen LogP contribution in [0.25, 0.3) is 0 Å². The van der Waals surface area contributed by atoms with Crippen LogP contribution in [0.5, 0.6) is 5.75 Å². The number of para-hydroxylation sites is 1. The molecule has 0 heterocycles. The normalized spacial score (nSPS) is 11.4. The molecule has 34 heavy (non-hydrogen) atoms. The highest BCUT2D eigenvalue weighted by molar-refractivity contribution is 6.00. The van der Waals surface area contributed by atoms with E-state index >= 15 is 0 Å². The second-order valence-corrected chi connectivity index (χ2v) is 9.68. The Morgan fingerprint density at radius 1 is 0.676 bits per heavy atom. The summed E-state index contributed by atoms with van der Waals surface area (Å²) in [7, 11) is 0. The van der Waals surface area contributed by atoms with E-state index in [0.29, 0.717) is 25.2 Å². The highest BCUT2D eigenvalue weighted by atomic mass is 16.6. The smallest absolute Gasteiger partial charge is 0.328 e. The molecule has 0 N–H and O–H groups in total. The summed E-state index contributed by atoms with van der Waals surface area (Å²) in [5.74, 6) is -0.470. The molecule has 0 aliphatic rings. The van der Waals surface area contributed by atoms with Gasteiger partial charge in [-0.1, -0.05) is 122 Å². The Labute approximate surface area is 209 Å². The number of rotatable bonds is 20. The van der Waals surface area contributed by atoms with Crippen LogP contribution in [0.2, 0.25) is 0 Å². The van der Waals surface area contributed by atoms with Gasteiger partial charge in [-0.25, -0.2) is 0 Å². The van der Waals surface area contributed by atoms with Crippen LogP contribution in [-0.2, 0) is 14.3 Å². The number of carbonyl (C=O) groups excluding carboxylic acids is 2. The summed E-state index contributed by atoms with van der Waals surface area (Å²) in [6, 6.07) is 7.35. The number of esters is 2. The van der Waals surface area contributed by atoms with E-state index in [2.05, 4.69) is 6.92 Å². The zero-order valence-electron chi connectivity index (χ0n) is 22.5. The zero-order chi connectivity index (χ0) is 25.1. The van der Waals surface area contributed by atoms with E-state index in [1.54, 1.807) is 6.07 Å². The van der Waals surface area contributed by atoms with Gasteiger partial charge in [0.25, 0.3) is 0 Å². The number of carbonyl (C=O) groups is 2. The molecular formula is C30H50O4. The Hall–Kier alpha value is -1.84. The molecule has 0 aromatic heterocycles. The Morgan fingerprint density at radius 2 is 1.15 bits per heavy atom. The molecule has 0 aliphatic carbocycles. The molecule has 0 spiro atoms. The van der Waals surface area contributed by atoms with Gasteiger partial charge >= 0.3 is 11.9 Å². The summed E-state index contributed by atoms with van der Waals surface area (Å²) >= 11 is 0. The number of aryl methyl sites for hydroxylation is 1. The van der Waals surface area contributed by atoms with E-state index in [1.165, 1.54) is 77.0 Å². The summed E-state index contributed by atoms with van der Waals surface area (Å²) in [6.07, 6.45) is 18.8. The van der Waals surface area contributed by atoms with E-state index in [0.717, 1.165) is 18.4 Å². The van der Waals surface area contributed by atoms with Crippen LogP contribution in [-0.4, -0.2) is 18.5 Å². The Kier molecular flexibility index (Phi) is 16.4. The van der Waals surface area contributed by atoms with Crippen LogP contribution in [0.15, 0.2) is 24.3 Å². The fraction of sp³-hybridized carbons (Fsp3) is 0.733. The van der Waals surface area contributed by atoms with Crippen LogP contribution in [0.1, 0.15) is 129 Å². The lowest BCUT2D eigenvalue weighted by Gasteiger charge is -2.27. The highest BCUT2D eigenvalue weighted by Gasteiger charge is 2.46. The molecule has 1 aromatic rings. The van der Waals surface area contributed by atoms with Crippen molar-refractivity contribution < 1.29 is 19.1 Å². The van der Waals surface area contributed by atoms with Crippen LogP contribution in [0, 0.1) is 12.3 Å². The summed E-state index contributed by atoms with van der Waals surface area (Å²) < 4.78 is 11.1. The third-order valence-corrected chi connectivity index (χ3v) is 7.02. The number of hydrogen-bond donors (Lipinski definition) is 0.